The quantitative estimate of drug-likeness (QED) is 0.495. The van der Waals surface area contributed by atoms with Crippen molar-refractivity contribution in [1.82, 2.24) is 4.90 Å². The Kier molecular flexibility index (Phi) is 7.65. The Labute approximate surface area is 237 Å². The number of Topliss-reactive ketones (excluding diaryl/α,β-unsaturated/α-hetero) is 1. The van der Waals surface area contributed by atoms with Crippen LogP contribution in [0.3, 0.4) is 0 Å². The molecule has 0 aliphatic carbocycles. The lowest BCUT2D eigenvalue weighted by Gasteiger charge is -2.61. The number of nitrogens with one attached hydrogen (secondary N) is 1. The number of ether oxygens (including phenoxy) is 5. The van der Waals surface area contributed by atoms with E-state index in [1.807, 2.05) is 6.07 Å². The standard InChI is InChI=1S/C32H42N2O6/c1-5-21-18-34-12-11-31-30-26(15-23(16-28(30)38-4)22-9-7-6-8-10-22)33-32(31,40-14-13-39-31)29(34)17-24(21)25(19-36-2)27(35)20-37-3/h6-10,15-16,21,24-25,29,33H,5,11-14,17-20H2,1-4H3/t21-,24+,25?,29+,31+,32+/m1/s1. The Hall–Kier alpha value is -2.49. The van der Waals surface area contributed by atoms with Gasteiger partial charge < -0.3 is 29.0 Å². The van der Waals surface area contributed by atoms with Gasteiger partial charge in [-0.25, -0.2) is 0 Å². The number of rotatable bonds is 9. The van der Waals surface area contributed by atoms with Crippen molar-refractivity contribution in [1.29, 1.82) is 0 Å². The number of fused-ring (bicyclic) bond motifs is 2. The summed E-state index contributed by atoms with van der Waals surface area (Å²) >= 11 is 0. The van der Waals surface area contributed by atoms with Gasteiger partial charge in [0.1, 0.15) is 18.0 Å². The lowest BCUT2D eigenvalue weighted by atomic mass is 9.65. The number of methoxy groups -OCH3 is 3. The summed E-state index contributed by atoms with van der Waals surface area (Å²) in [7, 11) is 5.00. The minimum atomic E-state index is -0.784. The molecule has 2 aromatic carbocycles. The normalized spacial score (nSPS) is 31.8. The number of benzene rings is 2. The number of nitrogens with zero attached hydrogens (tertiary/aromatic N) is 1. The van der Waals surface area contributed by atoms with Crippen LogP contribution in [0.2, 0.25) is 0 Å². The zero-order valence-electron chi connectivity index (χ0n) is 24.1. The Balaban J connectivity index is 1.43. The first-order chi connectivity index (χ1) is 19.5. The highest BCUT2D eigenvalue weighted by molar-refractivity contribution is 5.83. The number of hydrogen-bond donors (Lipinski definition) is 1. The number of carbonyl (C=O) groups is 1. The fourth-order valence-electron chi connectivity index (χ4n) is 8.10. The fourth-order valence-corrected chi connectivity index (χ4v) is 8.10. The van der Waals surface area contributed by atoms with Gasteiger partial charge in [0, 0.05) is 38.9 Å². The van der Waals surface area contributed by atoms with E-state index in [9.17, 15) is 4.79 Å². The van der Waals surface area contributed by atoms with Crippen molar-refractivity contribution in [3.63, 3.8) is 0 Å². The zero-order valence-corrected chi connectivity index (χ0v) is 24.1. The highest BCUT2D eigenvalue weighted by Crippen LogP contribution is 2.62. The zero-order chi connectivity index (χ0) is 27.9. The molecule has 4 heterocycles. The van der Waals surface area contributed by atoms with Crippen LogP contribution >= 0.6 is 0 Å². The highest BCUT2D eigenvalue weighted by atomic mass is 16.6. The molecule has 216 valence electrons. The van der Waals surface area contributed by atoms with Crippen LogP contribution in [0.1, 0.15) is 31.7 Å². The monoisotopic (exact) mass is 550 g/mol. The molecule has 8 heteroatoms. The average Bonchev–Trinajstić information content (AvgIpc) is 3.31. The molecule has 6 rings (SSSR count). The van der Waals surface area contributed by atoms with Crippen molar-refractivity contribution in [3.8, 4) is 16.9 Å². The van der Waals surface area contributed by atoms with Crippen molar-refractivity contribution in [2.75, 3.05) is 66.2 Å². The van der Waals surface area contributed by atoms with E-state index in [0.717, 1.165) is 60.5 Å². The third kappa shape index (κ3) is 4.19. The molecule has 4 aliphatic rings. The second-order valence-corrected chi connectivity index (χ2v) is 11.6. The van der Waals surface area contributed by atoms with Gasteiger partial charge in [0.2, 0.25) is 0 Å². The first-order valence-corrected chi connectivity index (χ1v) is 14.6. The molecule has 0 amide bonds. The second kappa shape index (κ2) is 11.1. The van der Waals surface area contributed by atoms with E-state index < -0.39 is 11.3 Å². The molecular weight excluding hydrogens is 508 g/mol. The number of hydrogen-bond acceptors (Lipinski definition) is 8. The van der Waals surface area contributed by atoms with Crippen LogP contribution in [0, 0.1) is 17.8 Å². The van der Waals surface area contributed by atoms with Crippen molar-refractivity contribution < 1.29 is 28.5 Å². The molecule has 8 nitrogen and oxygen atoms in total. The lowest BCUT2D eigenvalue weighted by Crippen LogP contribution is -2.75. The van der Waals surface area contributed by atoms with E-state index in [0.29, 0.717) is 25.7 Å². The minimum Gasteiger partial charge on any atom is -0.496 e. The Bertz CT molecular complexity index is 1220. The molecule has 0 saturated carbocycles. The average molecular weight is 551 g/mol. The van der Waals surface area contributed by atoms with Gasteiger partial charge in [-0.05, 0) is 47.9 Å². The van der Waals surface area contributed by atoms with Gasteiger partial charge in [-0.1, -0.05) is 43.7 Å². The van der Waals surface area contributed by atoms with E-state index in [2.05, 4.69) is 53.5 Å². The highest BCUT2D eigenvalue weighted by Gasteiger charge is 2.70. The summed E-state index contributed by atoms with van der Waals surface area (Å²) in [5.74, 6) is 1.23. The molecule has 0 radical (unpaired) electrons. The fraction of sp³-hybridized carbons (Fsp3) is 0.594. The van der Waals surface area contributed by atoms with Crippen LogP contribution in [0.4, 0.5) is 5.69 Å². The van der Waals surface area contributed by atoms with Crippen molar-refractivity contribution in [2.45, 2.75) is 43.6 Å². The minimum absolute atomic E-state index is 0.0151. The Morgan fingerprint density at radius 3 is 2.62 bits per heavy atom. The molecule has 1 unspecified atom stereocenters. The van der Waals surface area contributed by atoms with Gasteiger partial charge in [-0.3, -0.25) is 9.69 Å². The van der Waals surface area contributed by atoms with Crippen LogP contribution in [0.5, 0.6) is 5.75 Å². The topological polar surface area (TPSA) is 78.5 Å². The molecule has 0 bridgehead atoms. The van der Waals surface area contributed by atoms with E-state index in [1.54, 1.807) is 21.3 Å². The summed E-state index contributed by atoms with van der Waals surface area (Å²) in [4.78, 5) is 15.9. The largest absolute Gasteiger partial charge is 0.496 e. The van der Waals surface area contributed by atoms with Crippen LogP contribution in [0.25, 0.3) is 11.1 Å². The second-order valence-electron chi connectivity index (χ2n) is 11.6. The number of piperidine rings is 2. The summed E-state index contributed by atoms with van der Waals surface area (Å²) in [5.41, 5.74) is 2.80. The van der Waals surface area contributed by atoms with Gasteiger partial charge in [0.15, 0.2) is 11.5 Å². The number of ketones is 1. The maximum absolute atomic E-state index is 13.3. The van der Waals surface area contributed by atoms with E-state index >= 15 is 0 Å². The summed E-state index contributed by atoms with van der Waals surface area (Å²) in [6.45, 7) is 5.57. The predicted octanol–water partition coefficient (Wildman–Crippen LogP) is 4.32. The lowest BCUT2D eigenvalue weighted by molar-refractivity contribution is -0.299. The van der Waals surface area contributed by atoms with Crippen molar-refractivity contribution in [3.05, 3.63) is 48.0 Å². The van der Waals surface area contributed by atoms with Crippen LogP contribution in [-0.2, 0) is 29.3 Å². The van der Waals surface area contributed by atoms with Gasteiger partial charge >= 0.3 is 0 Å². The molecule has 0 spiro atoms. The molecule has 40 heavy (non-hydrogen) atoms. The predicted molar refractivity (Wildman–Crippen MR) is 152 cm³/mol. The smallest absolute Gasteiger partial charge is 0.188 e. The Morgan fingerprint density at radius 2 is 1.90 bits per heavy atom. The summed E-state index contributed by atoms with van der Waals surface area (Å²) in [5, 5.41) is 3.90. The van der Waals surface area contributed by atoms with E-state index in [4.69, 9.17) is 23.7 Å². The first-order valence-electron chi connectivity index (χ1n) is 14.6. The third-order valence-corrected chi connectivity index (χ3v) is 9.83. The Morgan fingerprint density at radius 1 is 1.10 bits per heavy atom. The molecule has 3 fully saturated rings. The van der Waals surface area contributed by atoms with E-state index in [-0.39, 0.29) is 30.3 Å². The molecule has 3 saturated heterocycles. The molecule has 1 N–H and O–H groups in total. The van der Waals surface area contributed by atoms with Crippen LogP contribution in [-0.4, -0.2) is 83.3 Å². The van der Waals surface area contributed by atoms with Crippen LogP contribution in [0.15, 0.2) is 42.5 Å². The maximum Gasteiger partial charge on any atom is 0.188 e. The number of anilines is 1. The van der Waals surface area contributed by atoms with Crippen molar-refractivity contribution >= 4 is 11.5 Å². The molecule has 4 aliphatic heterocycles. The SMILES string of the molecule is CC[C@@H]1CN2CC[C@@]34OCCO[C@@]3(Nc3cc(-c5ccccc5)cc(OC)c34)[C@@H]2C[C@@H]1C(COC)C(=O)COC. The van der Waals surface area contributed by atoms with Gasteiger partial charge in [-0.15, -0.1) is 0 Å². The molecule has 0 aromatic heterocycles. The maximum atomic E-state index is 13.3. The third-order valence-electron chi connectivity index (χ3n) is 9.83. The molecule has 6 atom stereocenters. The van der Waals surface area contributed by atoms with Crippen molar-refractivity contribution in [2.24, 2.45) is 17.8 Å². The van der Waals surface area contributed by atoms with Gasteiger partial charge in [-0.2, -0.15) is 0 Å². The van der Waals surface area contributed by atoms with Gasteiger partial charge in [0.05, 0.1) is 38.5 Å². The first kappa shape index (κ1) is 27.7. The van der Waals surface area contributed by atoms with Crippen LogP contribution < -0.4 is 10.1 Å². The van der Waals surface area contributed by atoms with E-state index in [1.165, 1.54) is 0 Å². The van der Waals surface area contributed by atoms with Gasteiger partial charge in [0.25, 0.3) is 0 Å². The number of carbonyl (C=O) groups excluding carboxylic acids is 1. The molecular formula is C32H42N2O6. The summed E-state index contributed by atoms with van der Waals surface area (Å²) < 4.78 is 30.6. The summed E-state index contributed by atoms with van der Waals surface area (Å²) in [6.07, 6.45) is 2.61. The summed E-state index contributed by atoms with van der Waals surface area (Å²) in [6, 6.07) is 14.7. The molecule has 2 aromatic rings.